The van der Waals surface area contributed by atoms with E-state index in [1.165, 1.54) is 20.1 Å². The molecule has 0 aliphatic carbocycles. The zero-order chi connectivity index (χ0) is 7.84. The van der Waals surface area contributed by atoms with Crippen molar-refractivity contribution in [2.24, 2.45) is 0 Å². The van der Waals surface area contributed by atoms with Crippen LogP contribution in [0.4, 0.5) is 0 Å². The Balaban J connectivity index is 2.96. The molecule has 0 aromatic carbocycles. The zero-order valence-electron chi connectivity index (χ0n) is 5.97. The second kappa shape index (κ2) is 2.57. The van der Waals surface area contributed by atoms with Crippen LogP contribution in [0.15, 0.2) is 22.2 Å². The number of hydrogen-bond donors (Lipinski definition) is 0. The first-order valence-electron chi connectivity index (χ1n) is 3.26. The summed E-state index contributed by atoms with van der Waals surface area (Å²) in [5.41, 5.74) is 1.23. The lowest BCUT2D eigenvalue weighted by molar-refractivity contribution is 1.32. The molecule has 0 fully saturated rings. The summed E-state index contributed by atoms with van der Waals surface area (Å²) in [6, 6.07) is 0. The van der Waals surface area contributed by atoms with Gasteiger partial charge in [0.25, 0.3) is 0 Å². The van der Waals surface area contributed by atoms with Gasteiger partial charge in [-0.1, -0.05) is 0 Å². The molecule has 1 nitrogen and oxygen atoms in total. The van der Waals surface area contributed by atoms with E-state index in [9.17, 15) is 0 Å². The molecule has 0 atom stereocenters. The Labute approximate surface area is 77.2 Å². The highest BCUT2D eigenvalue weighted by molar-refractivity contribution is 9.10. The van der Waals surface area contributed by atoms with Gasteiger partial charge in [0.1, 0.15) is 0 Å². The maximum Gasteiger partial charge on any atom is 0.0540 e. The molecular weight excluding hydrogens is 222 g/mol. The number of aryl methyl sites for hydroxylation is 1. The van der Waals surface area contributed by atoms with Crippen LogP contribution in [0.25, 0.3) is 10.1 Å². The standard InChI is InChI=1S/C8H6BrNS/c1-5-2-10-3-7-8(5)6(9)4-11-7/h2-4H,1H3. The molecule has 2 aromatic rings. The predicted molar refractivity (Wildman–Crippen MR) is 52.1 cm³/mol. The van der Waals surface area contributed by atoms with Crippen molar-refractivity contribution >= 4 is 37.4 Å². The molecule has 0 amide bonds. The van der Waals surface area contributed by atoms with E-state index in [2.05, 4.69) is 33.2 Å². The highest BCUT2D eigenvalue weighted by atomic mass is 79.9. The van der Waals surface area contributed by atoms with E-state index in [4.69, 9.17) is 0 Å². The molecule has 3 heteroatoms. The van der Waals surface area contributed by atoms with Crippen LogP contribution >= 0.6 is 27.3 Å². The SMILES string of the molecule is Cc1cncc2scc(Br)c12. The van der Waals surface area contributed by atoms with E-state index in [0.29, 0.717) is 0 Å². The van der Waals surface area contributed by atoms with Gasteiger partial charge in [0.15, 0.2) is 0 Å². The average Bonchev–Trinajstić information content (AvgIpc) is 2.34. The fraction of sp³-hybridized carbons (Fsp3) is 0.125. The molecule has 2 aromatic heterocycles. The lowest BCUT2D eigenvalue weighted by atomic mass is 10.2. The average molecular weight is 228 g/mol. The van der Waals surface area contributed by atoms with Gasteiger partial charge in [-0.05, 0) is 28.4 Å². The summed E-state index contributed by atoms with van der Waals surface area (Å²) in [5.74, 6) is 0. The van der Waals surface area contributed by atoms with Gasteiger partial charge in [-0.3, -0.25) is 4.98 Å². The molecule has 2 rings (SSSR count). The third-order valence-corrected chi connectivity index (χ3v) is 3.47. The quantitative estimate of drug-likeness (QED) is 0.673. The minimum atomic E-state index is 1.18. The summed E-state index contributed by atoms with van der Waals surface area (Å²) in [4.78, 5) is 4.12. The van der Waals surface area contributed by atoms with Crippen molar-refractivity contribution in [2.75, 3.05) is 0 Å². The van der Waals surface area contributed by atoms with Crippen molar-refractivity contribution in [3.8, 4) is 0 Å². The molecule has 0 spiro atoms. The molecule has 0 radical (unpaired) electrons. The highest BCUT2D eigenvalue weighted by Gasteiger charge is 2.02. The van der Waals surface area contributed by atoms with Gasteiger partial charge in [-0.15, -0.1) is 11.3 Å². The molecule has 11 heavy (non-hydrogen) atoms. The van der Waals surface area contributed by atoms with Crippen LogP contribution in [0.5, 0.6) is 0 Å². The normalized spacial score (nSPS) is 10.7. The number of nitrogens with zero attached hydrogens (tertiary/aromatic N) is 1. The zero-order valence-corrected chi connectivity index (χ0v) is 8.37. The monoisotopic (exact) mass is 227 g/mol. The highest BCUT2D eigenvalue weighted by Crippen LogP contribution is 2.31. The number of aromatic nitrogens is 1. The van der Waals surface area contributed by atoms with Crippen LogP contribution in [-0.2, 0) is 0 Å². The third kappa shape index (κ3) is 1.08. The van der Waals surface area contributed by atoms with E-state index in [1.54, 1.807) is 11.3 Å². The smallest absolute Gasteiger partial charge is 0.0540 e. The summed E-state index contributed by atoms with van der Waals surface area (Å²) < 4.78 is 2.43. The number of pyridine rings is 1. The Hall–Kier alpha value is -0.410. The first-order valence-corrected chi connectivity index (χ1v) is 4.93. The number of halogens is 1. The minimum absolute atomic E-state index is 1.18. The van der Waals surface area contributed by atoms with E-state index in [1.807, 2.05) is 12.4 Å². The Morgan fingerprint density at radius 1 is 1.45 bits per heavy atom. The second-order valence-electron chi connectivity index (χ2n) is 2.41. The van der Waals surface area contributed by atoms with Crippen molar-refractivity contribution in [1.82, 2.24) is 4.98 Å². The van der Waals surface area contributed by atoms with Crippen LogP contribution in [0.2, 0.25) is 0 Å². The van der Waals surface area contributed by atoms with E-state index >= 15 is 0 Å². The largest absolute Gasteiger partial charge is 0.263 e. The van der Waals surface area contributed by atoms with Gasteiger partial charge in [0, 0.05) is 27.6 Å². The topological polar surface area (TPSA) is 12.9 Å². The molecule has 2 heterocycles. The third-order valence-electron chi connectivity index (χ3n) is 1.63. The molecular formula is C8H6BrNS. The van der Waals surface area contributed by atoms with Crippen LogP contribution in [0, 0.1) is 6.92 Å². The van der Waals surface area contributed by atoms with Crippen molar-refractivity contribution in [3.05, 3.63) is 27.8 Å². The van der Waals surface area contributed by atoms with Gasteiger partial charge in [0.05, 0.1) is 4.70 Å². The van der Waals surface area contributed by atoms with Gasteiger partial charge in [-0.25, -0.2) is 0 Å². The number of thiophene rings is 1. The van der Waals surface area contributed by atoms with Crippen molar-refractivity contribution < 1.29 is 0 Å². The summed E-state index contributed by atoms with van der Waals surface area (Å²) in [7, 11) is 0. The molecule has 56 valence electrons. The van der Waals surface area contributed by atoms with Crippen molar-refractivity contribution in [3.63, 3.8) is 0 Å². The Morgan fingerprint density at radius 3 is 3.00 bits per heavy atom. The van der Waals surface area contributed by atoms with Crippen molar-refractivity contribution in [2.45, 2.75) is 6.92 Å². The summed E-state index contributed by atoms with van der Waals surface area (Å²) >= 11 is 5.22. The first kappa shape index (κ1) is 7.25. The van der Waals surface area contributed by atoms with Gasteiger partial charge >= 0.3 is 0 Å². The van der Waals surface area contributed by atoms with Crippen LogP contribution in [-0.4, -0.2) is 4.98 Å². The molecule has 0 aliphatic heterocycles. The number of fused-ring (bicyclic) bond motifs is 1. The minimum Gasteiger partial charge on any atom is -0.263 e. The fourth-order valence-corrected chi connectivity index (χ4v) is 2.91. The van der Waals surface area contributed by atoms with E-state index in [-0.39, 0.29) is 0 Å². The van der Waals surface area contributed by atoms with Gasteiger partial charge in [0.2, 0.25) is 0 Å². The molecule has 0 saturated carbocycles. The first-order chi connectivity index (χ1) is 5.29. The molecule has 0 bridgehead atoms. The summed E-state index contributed by atoms with van der Waals surface area (Å²) in [6.45, 7) is 2.08. The lowest BCUT2D eigenvalue weighted by Crippen LogP contribution is -1.75. The lowest BCUT2D eigenvalue weighted by Gasteiger charge is -1.93. The summed E-state index contributed by atoms with van der Waals surface area (Å²) in [6.07, 6.45) is 3.79. The second-order valence-corrected chi connectivity index (χ2v) is 4.18. The number of hydrogen-bond acceptors (Lipinski definition) is 2. The predicted octanol–water partition coefficient (Wildman–Crippen LogP) is 3.37. The van der Waals surface area contributed by atoms with Gasteiger partial charge < -0.3 is 0 Å². The van der Waals surface area contributed by atoms with Crippen LogP contribution in [0.3, 0.4) is 0 Å². The van der Waals surface area contributed by atoms with E-state index < -0.39 is 0 Å². The van der Waals surface area contributed by atoms with Crippen molar-refractivity contribution in [1.29, 1.82) is 0 Å². The molecule has 0 N–H and O–H groups in total. The number of rotatable bonds is 0. The van der Waals surface area contributed by atoms with Crippen LogP contribution < -0.4 is 0 Å². The fourth-order valence-electron chi connectivity index (χ4n) is 1.11. The Bertz CT molecular complexity index is 394. The van der Waals surface area contributed by atoms with Gasteiger partial charge in [-0.2, -0.15) is 0 Å². The maximum absolute atomic E-state index is 4.12. The molecule has 0 aliphatic rings. The molecule has 0 unspecified atom stereocenters. The maximum atomic E-state index is 4.12. The molecule has 0 saturated heterocycles. The van der Waals surface area contributed by atoms with E-state index in [0.717, 1.165) is 0 Å². The Morgan fingerprint density at radius 2 is 2.27 bits per heavy atom. The summed E-state index contributed by atoms with van der Waals surface area (Å²) in [5, 5.41) is 3.39. The van der Waals surface area contributed by atoms with Crippen LogP contribution in [0.1, 0.15) is 5.56 Å². The Kier molecular flexibility index (Phi) is 1.69.